The Kier molecular flexibility index (Phi) is 7.06. The lowest BCUT2D eigenvalue weighted by Crippen LogP contribution is -2.25. The zero-order chi connectivity index (χ0) is 18.2. The second-order valence-electron chi connectivity index (χ2n) is 6.35. The number of carbonyl (C=O) groups is 2. The molecule has 0 spiro atoms. The molecule has 0 aliphatic carbocycles. The molecular formula is C18H24N4O2S. The summed E-state index contributed by atoms with van der Waals surface area (Å²) in [5.41, 5.74) is 1.85. The Hall–Kier alpha value is -2.28. The molecule has 2 aromatic rings. The molecule has 0 radical (unpaired) electrons. The maximum atomic E-state index is 12.2. The third-order valence-electron chi connectivity index (χ3n) is 3.58. The highest BCUT2D eigenvalue weighted by molar-refractivity contribution is 7.13. The Morgan fingerprint density at radius 2 is 1.88 bits per heavy atom. The van der Waals surface area contributed by atoms with Crippen LogP contribution in [0.1, 0.15) is 47.1 Å². The summed E-state index contributed by atoms with van der Waals surface area (Å²) < 4.78 is 0. The molecule has 0 unspecified atom stereocenters. The minimum absolute atomic E-state index is 0.00140. The average Bonchev–Trinajstić information content (AvgIpc) is 3.04. The Bertz CT molecular complexity index is 710. The summed E-state index contributed by atoms with van der Waals surface area (Å²) in [4.78, 5) is 23.9. The Morgan fingerprint density at radius 1 is 1.16 bits per heavy atom. The number of hydrogen-bond acceptors (Lipinski definition) is 5. The molecule has 0 bridgehead atoms. The first-order valence-corrected chi connectivity index (χ1v) is 9.23. The molecular weight excluding hydrogens is 336 g/mol. The van der Waals surface area contributed by atoms with Crippen molar-refractivity contribution in [3.8, 4) is 0 Å². The van der Waals surface area contributed by atoms with Crippen LogP contribution in [0.3, 0.4) is 0 Å². The van der Waals surface area contributed by atoms with Crippen molar-refractivity contribution in [2.24, 2.45) is 5.92 Å². The van der Waals surface area contributed by atoms with Crippen LogP contribution in [0.2, 0.25) is 0 Å². The molecule has 7 heteroatoms. The van der Waals surface area contributed by atoms with Crippen LogP contribution in [0.25, 0.3) is 0 Å². The Morgan fingerprint density at radius 3 is 2.56 bits per heavy atom. The van der Waals surface area contributed by atoms with Gasteiger partial charge in [0.15, 0.2) is 0 Å². The van der Waals surface area contributed by atoms with E-state index in [1.807, 2.05) is 31.2 Å². The lowest BCUT2D eigenvalue weighted by molar-refractivity contribution is -0.121. The molecule has 1 aromatic carbocycles. The van der Waals surface area contributed by atoms with Gasteiger partial charge in [-0.15, -0.1) is 10.2 Å². The van der Waals surface area contributed by atoms with E-state index in [9.17, 15) is 9.59 Å². The quantitative estimate of drug-likeness (QED) is 0.757. The van der Waals surface area contributed by atoms with E-state index in [1.54, 1.807) is 0 Å². The Labute approximate surface area is 152 Å². The molecule has 2 N–H and O–H groups in total. The molecule has 134 valence electrons. The molecule has 2 rings (SSSR count). The van der Waals surface area contributed by atoms with Crippen LogP contribution in [-0.4, -0.2) is 28.6 Å². The number of nitrogens with one attached hydrogen (secondary N) is 2. The maximum Gasteiger partial charge on any atom is 0.286 e. The molecule has 0 saturated heterocycles. The largest absolute Gasteiger partial charge is 0.356 e. The summed E-state index contributed by atoms with van der Waals surface area (Å²) in [6, 6.07) is 7.55. The number of aromatic nitrogens is 2. The molecule has 1 aromatic heterocycles. The van der Waals surface area contributed by atoms with Crippen molar-refractivity contribution in [1.82, 2.24) is 15.5 Å². The SMILES string of the molecule is Cc1ccc(NC(=O)c2nnc(CCC(=O)NCCC(C)C)s2)cc1. The highest BCUT2D eigenvalue weighted by atomic mass is 32.1. The number of aryl methyl sites for hydroxylation is 2. The number of benzene rings is 1. The molecule has 0 aliphatic rings. The van der Waals surface area contributed by atoms with E-state index in [0.717, 1.165) is 17.7 Å². The molecule has 0 atom stereocenters. The average molecular weight is 360 g/mol. The van der Waals surface area contributed by atoms with Crippen molar-refractivity contribution >= 4 is 28.8 Å². The number of anilines is 1. The van der Waals surface area contributed by atoms with E-state index >= 15 is 0 Å². The van der Waals surface area contributed by atoms with Gasteiger partial charge < -0.3 is 10.6 Å². The number of carbonyl (C=O) groups excluding carboxylic acids is 2. The lowest BCUT2D eigenvalue weighted by Gasteiger charge is -2.06. The minimum atomic E-state index is -0.283. The smallest absolute Gasteiger partial charge is 0.286 e. The van der Waals surface area contributed by atoms with Crippen LogP contribution >= 0.6 is 11.3 Å². The summed E-state index contributed by atoms with van der Waals surface area (Å²) in [5, 5.41) is 14.6. The van der Waals surface area contributed by atoms with Crippen LogP contribution in [0, 0.1) is 12.8 Å². The third kappa shape index (κ3) is 6.62. The summed E-state index contributed by atoms with van der Waals surface area (Å²) in [6.07, 6.45) is 1.81. The van der Waals surface area contributed by atoms with Gasteiger partial charge in [-0.05, 0) is 31.4 Å². The van der Waals surface area contributed by atoms with Gasteiger partial charge >= 0.3 is 0 Å². The summed E-state index contributed by atoms with van der Waals surface area (Å²) in [6.45, 7) is 6.92. The van der Waals surface area contributed by atoms with Crippen LogP contribution in [-0.2, 0) is 11.2 Å². The first-order chi connectivity index (χ1) is 11.9. The van der Waals surface area contributed by atoms with Crippen molar-refractivity contribution in [3.63, 3.8) is 0 Å². The van der Waals surface area contributed by atoms with Crippen LogP contribution in [0.4, 0.5) is 5.69 Å². The van der Waals surface area contributed by atoms with Crippen molar-refractivity contribution in [2.75, 3.05) is 11.9 Å². The van der Waals surface area contributed by atoms with E-state index in [0.29, 0.717) is 35.3 Å². The number of hydrogen-bond donors (Lipinski definition) is 2. The maximum absolute atomic E-state index is 12.2. The summed E-state index contributed by atoms with van der Waals surface area (Å²) in [5.74, 6) is 0.286. The predicted octanol–water partition coefficient (Wildman–Crippen LogP) is 3.19. The van der Waals surface area contributed by atoms with Gasteiger partial charge in [0.1, 0.15) is 5.01 Å². The minimum Gasteiger partial charge on any atom is -0.356 e. The van der Waals surface area contributed by atoms with Gasteiger partial charge in [0.25, 0.3) is 5.91 Å². The normalized spacial score (nSPS) is 10.7. The number of amides is 2. The molecule has 6 nitrogen and oxygen atoms in total. The number of nitrogens with zero attached hydrogens (tertiary/aromatic N) is 2. The molecule has 0 fully saturated rings. The van der Waals surface area contributed by atoms with E-state index in [2.05, 4.69) is 34.7 Å². The van der Waals surface area contributed by atoms with Gasteiger partial charge in [0.2, 0.25) is 10.9 Å². The van der Waals surface area contributed by atoms with Crippen molar-refractivity contribution in [3.05, 3.63) is 39.8 Å². The van der Waals surface area contributed by atoms with Crippen LogP contribution < -0.4 is 10.6 Å². The van der Waals surface area contributed by atoms with E-state index < -0.39 is 0 Å². The van der Waals surface area contributed by atoms with Crippen LogP contribution in [0.5, 0.6) is 0 Å². The lowest BCUT2D eigenvalue weighted by atomic mass is 10.1. The molecule has 2 amide bonds. The fourth-order valence-electron chi connectivity index (χ4n) is 2.08. The first-order valence-electron chi connectivity index (χ1n) is 8.41. The molecule has 0 saturated carbocycles. The van der Waals surface area contributed by atoms with Gasteiger partial charge in [-0.2, -0.15) is 0 Å². The number of rotatable bonds is 8. The van der Waals surface area contributed by atoms with Gasteiger partial charge in [-0.25, -0.2) is 0 Å². The molecule has 0 aliphatic heterocycles. The van der Waals surface area contributed by atoms with Gasteiger partial charge in [-0.3, -0.25) is 9.59 Å². The highest BCUT2D eigenvalue weighted by Crippen LogP contribution is 2.15. The van der Waals surface area contributed by atoms with Crippen molar-refractivity contribution in [1.29, 1.82) is 0 Å². The molecule has 1 heterocycles. The predicted molar refractivity (Wildman–Crippen MR) is 99.8 cm³/mol. The fraction of sp³-hybridized carbons (Fsp3) is 0.444. The van der Waals surface area contributed by atoms with Crippen LogP contribution in [0.15, 0.2) is 24.3 Å². The highest BCUT2D eigenvalue weighted by Gasteiger charge is 2.14. The Balaban J connectivity index is 1.80. The summed E-state index contributed by atoms with van der Waals surface area (Å²) in [7, 11) is 0. The standard InChI is InChI=1S/C18H24N4O2S/c1-12(2)10-11-19-15(23)8-9-16-21-22-18(25-16)17(24)20-14-6-4-13(3)5-7-14/h4-7,12H,8-11H2,1-3H3,(H,19,23)(H,20,24). The second-order valence-corrected chi connectivity index (χ2v) is 7.42. The topological polar surface area (TPSA) is 84.0 Å². The first kappa shape index (κ1) is 19.1. The van der Waals surface area contributed by atoms with Crippen molar-refractivity contribution < 1.29 is 9.59 Å². The fourth-order valence-corrected chi connectivity index (χ4v) is 2.81. The van der Waals surface area contributed by atoms with E-state index in [-0.39, 0.29) is 11.8 Å². The second kappa shape index (κ2) is 9.27. The van der Waals surface area contributed by atoms with Gasteiger partial charge in [0.05, 0.1) is 0 Å². The third-order valence-corrected chi connectivity index (χ3v) is 4.56. The summed E-state index contributed by atoms with van der Waals surface area (Å²) >= 11 is 1.22. The van der Waals surface area contributed by atoms with Gasteiger partial charge in [-0.1, -0.05) is 42.9 Å². The van der Waals surface area contributed by atoms with Crippen molar-refractivity contribution in [2.45, 2.75) is 40.0 Å². The van der Waals surface area contributed by atoms with Gasteiger partial charge in [0, 0.05) is 25.1 Å². The van der Waals surface area contributed by atoms with E-state index in [4.69, 9.17) is 0 Å². The zero-order valence-corrected chi connectivity index (χ0v) is 15.7. The van der Waals surface area contributed by atoms with E-state index in [1.165, 1.54) is 11.3 Å². The monoisotopic (exact) mass is 360 g/mol. The molecule has 25 heavy (non-hydrogen) atoms. The zero-order valence-electron chi connectivity index (χ0n) is 14.8.